The van der Waals surface area contributed by atoms with Gasteiger partial charge in [0.15, 0.2) is 18.1 Å². The summed E-state index contributed by atoms with van der Waals surface area (Å²) < 4.78 is 35.3. The van der Waals surface area contributed by atoms with Gasteiger partial charge in [-0.3, -0.25) is 4.79 Å². The predicted molar refractivity (Wildman–Crippen MR) is 108 cm³/mol. The zero-order valence-electron chi connectivity index (χ0n) is 16.2. The van der Waals surface area contributed by atoms with Crippen molar-refractivity contribution in [2.24, 2.45) is 0 Å². The third-order valence-corrected chi connectivity index (χ3v) is 4.74. The lowest BCUT2D eigenvalue weighted by atomic mass is 10.1. The van der Waals surface area contributed by atoms with Crippen LogP contribution in [0.2, 0.25) is 5.02 Å². The number of hydrogen-bond acceptors (Lipinski definition) is 7. The van der Waals surface area contributed by atoms with Crippen molar-refractivity contribution >= 4 is 29.2 Å². The quantitative estimate of drug-likeness (QED) is 0.591. The number of halogens is 2. The largest absolute Gasteiger partial charge is 0.486 e. The van der Waals surface area contributed by atoms with Crippen molar-refractivity contribution < 1.29 is 32.7 Å². The van der Waals surface area contributed by atoms with Gasteiger partial charge in [-0.05, 0) is 31.2 Å². The number of benzene rings is 2. The molecule has 4 rings (SSSR count). The third-order valence-electron chi connectivity index (χ3n) is 4.43. The van der Waals surface area contributed by atoms with Gasteiger partial charge in [0.1, 0.15) is 36.0 Å². The van der Waals surface area contributed by atoms with E-state index in [2.05, 4.69) is 10.5 Å². The number of rotatable bonds is 5. The van der Waals surface area contributed by atoms with E-state index >= 15 is 0 Å². The summed E-state index contributed by atoms with van der Waals surface area (Å²) in [6, 6.07) is 8.97. The summed E-state index contributed by atoms with van der Waals surface area (Å²) in [5.74, 6) is -0.960. The molecule has 0 fully saturated rings. The molecule has 2 aromatic carbocycles. The highest BCUT2D eigenvalue weighted by Gasteiger charge is 2.27. The highest BCUT2D eigenvalue weighted by Crippen LogP contribution is 2.34. The van der Waals surface area contributed by atoms with Gasteiger partial charge in [0.2, 0.25) is 0 Å². The van der Waals surface area contributed by atoms with Crippen LogP contribution in [-0.2, 0) is 9.53 Å². The number of amides is 1. The first kappa shape index (κ1) is 20.7. The van der Waals surface area contributed by atoms with Crippen LogP contribution < -0.4 is 14.8 Å². The fraction of sp³-hybridized carbons (Fsp3) is 0.190. The molecular weight excluding hydrogens is 431 g/mol. The average molecular weight is 447 g/mol. The van der Waals surface area contributed by atoms with E-state index in [1.165, 1.54) is 25.1 Å². The molecule has 160 valence electrons. The van der Waals surface area contributed by atoms with Crippen molar-refractivity contribution in [1.29, 1.82) is 0 Å². The van der Waals surface area contributed by atoms with E-state index in [0.29, 0.717) is 30.4 Å². The molecule has 3 aromatic rings. The average Bonchev–Trinajstić information content (AvgIpc) is 3.13. The van der Waals surface area contributed by atoms with Crippen LogP contribution in [0.15, 0.2) is 40.9 Å². The van der Waals surface area contributed by atoms with Crippen molar-refractivity contribution in [2.75, 3.05) is 25.1 Å². The Morgan fingerprint density at radius 3 is 2.74 bits per heavy atom. The van der Waals surface area contributed by atoms with Crippen molar-refractivity contribution in [2.45, 2.75) is 6.92 Å². The molecular formula is C21H16ClFN2O6. The highest BCUT2D eigenvalue weighted by molar-refractivity contribution is 6.33. The summed E-state index contributed by atoms with van der Waals surface area (Å²) >= 11 is 6.06. The molecule has 1 aliphatic heterocycles. The van der Waals surface area contributed by atoms with Crippen LogP contribution in [-0.4, -0.2) is 36.9 Å². The maximum atomic E-state index is 14.3. The zero-order valence-corrected chi connectivity index (χ0v) is 17.0. The Morgan fingerprint density at radius 2 is 1.97 bits per heavy atom. The standard InChI is InChI=1S/C21H16ClFN2O6/c1-11-18(20(25-31-11)19-13(22)3-2-4-14(19)23)21(27)30-10-17(26)24-12-5-6-15-16(9-12)29-8-7-28-15/h2-6,9H,7-8,10H2,1H3,(H,24,26). The predicted octanol–water partition coefficient (Wildman–Crippen LogP) is 4.01. The SMILES string of the molecule is Cc1onc(-c2c(F)cccc2Cl)c1C(=O)OCC(=O)Nc1ccc2c(c1)OCCO2. The van der Waals surface area contributed by atoms with Gasteiger partial charge in [-0.1, -0.05) is 22.8 Å². The number of nitrogens with zero attached hydrogens (tertiary/aromatic N) is 1. The molecule has 0 spiro atoms. The Hall–Kier alpha value is -3.59. The molecule has 2 heterocycles. The van der Waals surface area contributed by atoms with Crippen molar-refractivity contribution in [3.8, 4) is 22.8 Å². The molecule has 10 heteroatoms. The Kier molecular flexibility index (Phi) is 5.77. The molecule has 0 aliphatic carbocycles. The molecule has 0 atom stereocenters. The second kappa shape index (κ2) is 8.65. The molecule has 0 unspecified atom stereocenters. The Labute approximate surface area is 180 Å². The molecule has 8 nitrogen and oxygen atoms in total. The minimum atomic E-state index is -0.898. The topological polar surface area (TPSA) is 99.9 Å². The summed E-state index contributed by atoms with van der Waals surface area (Å²) in [6.45, 7) is 1.75. The van der Waals surface area contributed by atoms with Crippen LogP contribution in [0.4, 0.5) is 10.1 Å². The number of hydrogen-bond donors (Lipinski definition) is 1. The first-order valence-corrected chi connectivity index (χ1v) is 9.59. The van der Waals surface area contributed by atoms with Crippen molar-refractivity contribution in [1.82, 2.24) is 5.16 Å². The number of esters is 1. The molecule has 1 amide bonds. The van der Waals surface area contributed by atoms with E-state index < -0.39 is 24.3 Å². The fourth-order valence-corrected chi connectivity index (χ4v) is 3.28. The van der Waals surface area contributed by atoms with Gasteiger partial charge >= 0.3 is 5.97 Å². The smallest absolute Gasteiger partial charge is 0.344 e. The third kappa shape index (κ3) is 4.31. The van der Waals surface area contributed by atoms with E-state index in [0.717, 1.165) is 0 Å². The first-order chi connectivity index (χ1) is 14.9. The summed E-state index contributed by atoms with van der Waals surface area (Å²) in [5, 5.41) is 6.39. The number of aromatic nitrogens is 1. The Morgan fingerprint density at radius 1 is 1.19 bits per heavy atom. The van der Waals surface area contributed by atoms with Gasteiger partial charge in [0, 0.05) is 11.8 Å². The minimum Gasteiger partial charge on any atom is -0.486 e. The number of nitrogens with one attached hydrogen (secondary N) is 1. The zero-order chi connectivity index (χ0) is 22.0. The van der Waals surface area contributed by atoms with Crippen molar-refractivity contribution in [3.05, 3.63) is 58.6 Å². The normalized spacial score (nSPS) is 12.4. The second-order valence-electron chi connectivity index (χ2n) is 6.54. The van der Waals surface area contributed by atoms with Gasteiger partial charge in [-0.25, -0.2) is 9.18 Å². The van der Waals surface area contributed by atoms with E-state index in [1.807, 2.05) is 0 Å². The van der Waals surface area contributed by atoms with E-state index in [1.54, 1.807) is 18.2 Å². The summed E-state index contributed by atoms with van der Waals surface area (Å²) in [4.78, 5) is 24.8. The van der Waals surface area contributed by atoms with Crippen LogP contribution in [0.3, 0.4) is 0 Å². The number of carbonyl (C=O) groups is 2. The summed E-state index contributed by atoms with van der Waals surface area (Å²) in [7, 11) is 0. The van der Waals surface area contributed by atoms with Gasteiger partial charge in [-0.2, -0.15) is 0 Å². The van der Waals surface area contributed by atoms with Crippen LogP contribution in [0.1, 0.15) is 16.1 Å². The Bertz CT molecular complexity index is 1140. The van der Waals surface area contributed by atoms with Gasteiger partial charge in [0.25, 0.3) is 5.91 Å². The van der Waals surface area contributed by atoms with E-state index in [4.69, 9.17) is 30.3 Å². The highest BCUT2D eigenvalue weighted by atomic mass is 35.5. The molecule has 1 aromatic heterocycles. The number of aryl methyl sites for hydroxylation is 1. The molecule has 0 saturated carbocycles. The van der Waals surface area contributed by atoms with Crippen LogP contribution >= 0.6 is 11.6 Å². The molecule has 1 aliphatic rings. The molecule has 0 saturated heterocycles. The maximum Gasteiger partial charge on any atom is 0.344 e. The van der Waals surface area contributed by atoms with Crippen LogP contribution in [0.5, 0.6) is 11.5 Å². The summed E-state index contributed by atoms with van der Waals surface area (Å²) in [6.07, 6.45) is 0. The van der Waals surface area contributed by atoms with Gasteiger partial charge < -0.3 is 24.1 Å². The maximum absolute atomic E-state index is 14.3. The molecule has 0 radical (unpaired) electrons. The Balaban J connectivity index is 1.45. The van der Waals surface area contributed by atoms with Crippen molar-refractivity contribution in [3.63, 3.8) is 0 Å². The number of anilines is 1. The lowest BCUT2D eigenvalue weighted by Crippen LogP contribution is -2.21. The molecule has 31 heavy (non-hydrogen) atoms. The van der Waals surface area contributed by atoms with Gasteiger partial charge in [0.05, 0.1) is 10.6 Å². The molecule has 0 bridgehead atoms. The van der Waals surface area contributed by atoms with E-state index in [-0.39, 0.29) is 27.6 Å². The van der Waals surface area contributed by atoms with Gasteiger partial charge in [-0.15, -0.1) is 0 Å². The summed E-state index contributed by atoms with van der Waals surface area (Å²) in [5.41, 5.74) is 0.149. The van der Waals surface area contributed by atoms with Crippen LogP contribution in [0.25, 0.3) is 11.3 Å². The molecule has 1 N–H and O–H groups in total. The second-order valence-corrected chi connectivity index (χ2v) is 6.95. The minimum absolute atomic E-state index is 0.0544. The van der Waals surface area contributed by atoms with E-state index in [9.17, 15) is 14.0 Å². The fourth-order valence-electron chi connectivity index (χ4n) is 3.03. The number of ether oxygens (including phenoxy) is 3. The lowest BCUT2D eigenvalue weighted by molar-refractivity contribution is -0.119. The number of carbonyl (C=O) groups excluding carboxylic acids is 2. The van der Waals surface area contributed by atoms with Crippen LogP contribution in [0, 0.1) is 12.7 Å². The number of fused-ring (bicyclic) bond motifs is 1. The monoisotopic (exact) mass is 446 g/mol. The first-order valence-electron chi connectivity index (χ1n) is 9.21. The lowest BCUT2D eigenvalue weighted by Gasteiger charge is -2.19.